The second-order valence-corrected chi connectivity index (χ2v) is 4.53. The molecule has 0 spiro atoms. The van der Waals surface area contributed by atoms with E-state index in [1.165, 1.54) is 17.5 Å². The molecule has 2 heteroatoms. The van der Waals surface area contributed by atoms with Gasteiger partial charge in [-0.05, 0) is 43.0 Å². The third-order valence-electron chi connectivity index (χ3n) is 3.17. The summed E-state index contributed by atoms with van der Waals surface area (Å²) in [6.45, 7) is 5.53. The van der Waals surface area contributed by atoms with Gasteiger partial charge in [0.05, 0.1) is 7.11 Å². The topological polar surface area (TPSA) is 21.3 Å². The summed E-state index contributed by atoms with van der Waals surface area (Å²) in [4.78, 5) is 0. The molecule has 2 nitrogen and oxygen atoms in total. The van der Waals surface area contributed by atoms with Gasteiger partial charge in [0, 0.05) is 6.04 Å². The molecule has 1 aliphatic heterocycles. The Labute approximate surface area is 91.6 Å². The minimum atomic E-state index is 0.532. The molecule has 0 saturated carbocycles. The lowest BCUT2D eigenvalue weighted by molar-refractivity contribution is 0.411. The quantitative estimate of drug-likeness (QED) is 0.801. The Morgan fingerprint density at radius 3 is 2.73 bits per heavy atom. The van der Waals surface area contributed by atoms with Gasteiger partial charge in [0.2, 0.25) is 0 Å². The van der Waals surface area contributed by atoms with Crippen molar-refractivity contribution in [1.82, 2.24) is 5.32 Å². The van der Waals surface area contributed by atoms with E-state index in [0.717, 1.165) is 18.2 Å². The van der Waals surface area contributed by atoms with Crippen molar-refractivity contribution >= 4 is 0 Å². The molecule has 0 amide bonds. The Morgan fingerprint density at radius 1 is 1.40 bits per heavy atom. The second-order valence-electron chi connectivity index (χ2n) is 4.53. The van der Waals surface area contributed by atoms with Crippen LogP contribution in [-0.4, -0.2) is 13.7 Å². The van der Waals surface area contributed by atoms with Crippen molar-refractivity contribution in [3.05, 3.63) is 29.3 Å². The van der Waals surface area contributed by atoms with Crippen LogP contribution in [0.25, 0.3) is 0 Å². The maximum Gasteiger partial charge on any atom is 0.121 e. The first-order valence-corrected chi connectivity index (χ1v) is 5.58. The van der Waals surface area contributed by atoms with E-state index in [4.69, 9.17) is 4.74 Å². The smallest absolute Gasteiger partial charge is 0.121 e. The predicted octanol–water partition coefficient (Wildman–Crippen LogP) is 2.67. The number of hydrogen-bond acceptors (Lipinski definition) is 2. The van der Waals surface area contributed by atoms with E-state index >= 15 is 0 Å². The number of nitrogens with one attached hydrogen (secondary N) is 1. The highest BCUT2D eigenvalue weighted by atomic mass is 16.5. The molecule has 1 N–H and O–H groups in total. The van der Waals surface area contributed by atoms with E-state index in [1.807, 2.05) is 0 Å². The Balaban J connectivity index is 2.19. The van der Waals surface area contributed by atoms with Crippen molar-refractivity contribution in [1.29, 1.82) is 0 Å². The molecule has 2 atom stereocenters. The summed E-state index contributed by atoms with van der Waals surface area (Å²) in [5.74, 6) is 1.77. The summed E-state index contributed by atoms with van der Waals surface area (Å²) in [7, 11) is 1.72. The molecule has 82 valence electrons. The summed E-state index contributed by atoms with van der Waals surface area (Å²) < 4.78 is 5.26. The molecular formula is C13H19NO. The van der Waals surface area contributed by atoms with Gasteiger partial charge in [0.1, 0.15) is 5.75 Å². The fourth-order valence-electron chi connectivity index (χ4n) is 2.28. The molecule has 1 heterocycles. The number of aryl methyl sites for hydroxylation is 1. The van der Waals surface area contributed by atoms with E-state index in [1.54, 1.807) is 7.11 Å². The second kappa shape index (κ2) is 4.23. The van der Waals surface area contributed by atoms with Crippen molar-refractivity contribution in [2.75, 3.05) is 13.7 Å². The predicted molar refractivity (Wildman–Crippen MR) is 62.3 cm³/mol. The van der Waals surface area contributed by atoms with Crippen LogP contribution in [0.5, 0.6) is 5.75 Å². The van der Waals surface area contributed by atoms with Gasteiger partial charge >= 0.3 is 0 Å². The Hall–Kier alpha value is -1.02. The fourth-order valence-corrected chi connectivity index (χ4v) is 2.28. The van der Waals surface area contributed by atoms with Crippen LogP contribution in [-0.2, 0) is 0 Å². The van der Waals surface area contributed by atoms with Crippen LogP contribution in [0.4, 0.5) is 0 Å². The summed E-state index contributed by atoms with van der Waals surface area (Å²) >= 11 is 0. The molecule has 0 aromatic heterocycles. The average molecular weight is 205 g/mol. The zero-order valence-electron chi connectivity index (χ0n) is 9.71. The number of methoxy groups -OCH3 is 1. The average Bonchev–Trinajstić information content (AvgIpc) is 2.65. The molecule has 1 fully saturated rings. The monoisotopic (exact) mass is 205 g/mol. The summed E-state index contributed by atoms with van der Waals surface area (Å²) in [6, 6.07) is 7.00. The zero-order valence-corrected chi connectivity index (χ0v) is 9.71. The van der Waals surface area contributed by atoms with Crippen molar-refractivity contribution < 1.29 is 4.74 Å². The third-order valence-corrected chi connectivity index (χ3v) is 3.17. The van der Waals surface area contributed by atoms with Crippen LogP contribution in [0.2, 0.25) is 0 Å². The molecule has 1 aromatic carbocycles. The van der Waals surface area contributed by atoms with E-state index < -0.39 is 0 Å². The lowest BCUT2D eigenvalue weighted by Gasteiger charge is -2.13. The number of rotatable bonds is 2. The van der Waals surface area contributed by atoms with Gasteiger partial charge in [-0.25, -0.2) is 0 Å². The van der Waals surface area contributed by atoms with Gasteiger partial charge < -0.3 is 10.1 Å². The SMILES string of the molecule is COc1ccc([C@H]2C[C@H](C)CN2)cc1C. The lowest BCUT2D eigenvalue weighted by Crippen LogP contribution is -2.13. The molecule has 0 aliphatic carbocycles. The molecule has 0 bridgehead atoms. The van der Waals surface area contributed by atoms with E-state index in [0.29, 0.717) is 6.04 Å². The maximum absolute atomic E-state index is 5.26. The molecule has 1 aromatic rings. The molecule has 0 unspecified atom stereocenters. The Bertz CT molecular complexity index is 348. The fraction of sp³-hybridized carbons (Fsp3) is 0.538. The first-order valence-electron chi connectivity index (χ1n) is 5.58. The van der Waals surface area contributed by atoms with Gasteiger partial charge in [0.25, 0.3) is 0 Å². The summed E-state index contributed by atoms with van der Waals surface area (Å²) in [5.41, 5.74) is 2.61. The van der Waals surface area contributed by atoms with E-state index in [9.17, 15) is 0 Å². The standard InChI is InChI=1S/C13H19NO/c1-9-6-12(14-8-9)11-4-5-13(15-3)10(2)7-11/h4-5,7,9,12,14H,6,8H2,1-3H3/t9-,12+/m0/s1. The van der Waals surface area contributed by atoms with Crippen molar-refractivity contribution in [2.45, 2.75) is 26.3 Å². The molecule has 2 rings (SSSR count). The largest absolute Gasteiger partial charge is 0.496 e. The van der Waals surface area contributed by atoms with Crippen molar-refractivity contribution in [2.24, 2.45) is 5.92 Å². The minimum absolute atomic E-state index is 0.532. The van der Waals surface area contributed by atoms with Gasteiger partial charge in [-0.1, -0.05) is 19.1 Å². The van der Waals surface area contributed by atoms with Crippen LogP contribution in [0.1, 0.15) is 30.5 Å². The van der Waals surface area contributed by atoms with Gasteiger partial charge in [-0.2, -0.15) is 0 Å². The van der Waals surface area contributed by atoms with Crippen molar-refractivity contribution in [3.8, 4) is 5.75 Å². The zero-order chi connectivity index (χ0) is 10.8. The van der Waals surface area contributed by atoms with Gasteiger partial charge in [0.15, 0.2) is 0 Å². The number of hydrogen-bond donors (Lipinski definition) is 1. The number of ether oxygens (including phenoxy) is 1. The van der Waals surface area contributed by atoms with Crippen LogP contribution >= 0.6 is 0 Å². The lowest BCUT2D eigenvalue weighted by atomic mass is 9.99. The molecule has 1 saturated heterocycles. The van der Waals surface area contributed by atoms with Gasteiger partial charge in [-0.3, -0.25) is 0 Å². The highest BCUT2D eigenvalue weighted by Gasteiger charge is 2.22. The van der Waals surface area contributed by atoms with E-state index in [-0.39, 0.29) is 0 Å². The van der Waals surface area contributed by atoms with Crippen LogP contribution in [0.15, 0.2) is 18.2 Å². The van der Waals surface area contributed by atoms with Crippen LogP contribution < -0.4 is 10.1 Å². The maximum atomic E-state index is 5.26. The highest BCUT2D eigenvalue weighted by Crippen LogP contribution is 2.29. The molecule has 15 heavy (non-hydrogen) atoms. The van der Waals surface area contributed by atoms with Crippen molar-refractivity contribution in [3.63, 3.8) is 0 Å². The van der Waals surface area contributed by atoms with Crippen LogP contribution in [0.3, 0.4) is 0 Å². The number of benzene rings is 1. The minimum Gasteiger partial charge on any atom is -0.496 e. The van der Waals surface area contributed by atoms with Crippen LogP contribution in [0, 0.1) is 12.8 Å². The molecular weight excluding hydrogens is 186 g/mol. The summed E-state index contributed by atoms with van der Waals surface area (Å²) in [5, 5.41) is 3.55. The first-order chi connectivity index (χ1) is 7.20. The molecule has 0 radical (unpaired) electrons. The van der Waals surface area contributed by atoms with Gasteiger partial charge in [-0.15, -0.1) is 0 Å². The normalized spacial score (nSPS) is 25.5. The Morgan fingerprint density at radius 2 is 2.20 bits per heavy atom. The molecule has 1 aliphatic rings. The first kappa shape index (κ1) is 10.5. The highest BCUT2D eigenvalue weighted by molar-refractivity contribution is 5.37. The Kier molecular flexibility index (Phi) is 2.96. The summed E-state index contributed by atoms with van der Waals surface area (Å²) in [6.07, 6.45) is 1.24. The third kappa shape index (κ3) is 2.15. The van der Waals surface area contributed by atoms with E-state index in [2.05, 4.69) is 37.4 Å².